The van der Waals surface area contributed by atoms with Crippen molar-refractivity contribution in [3.8, 4) is 0 Å². The van der Waals surface area contributed by atoms with Gasteiger partial charge in [0.2, 0.25) is 11.8 Å². The maximum atomic E-state index is 13.3. The fourth-order valence-corrected chi connectivity index (χ4v) is 6.27. The summed E-state index contributed by atoms with van der Waals surface area (Å²) in [5.41, 5.74) is -0.951. The van der Waals surface area contributed by atoms with Crippen LogP contribution in [0, 0.1) is 10.8 Å². The van der Waals surface area contributed by atoms with Crippen molar-refractivity contribution in [2.24, 2.45) is 10.8 Å². The maximum Gasteiger partial charge on any atom is 0.307 e. The van der Waals surface area contributed by atoms with Crippen LogP contribution in [0.5, 0.6) is 0 Å². The van der Waals surface area contributed by atoms with Gasteiger partial charge in [-0.05, 0) is 65.2 Å². The second-order valence-corrected chi connectivity index (χ2v) is 15.5. The number of carbonyl (C=O) groups is 3. The summed E-state index contributed by atoms with van der Waals surface area (Å²) in [6, 6.07) is -0.180. The van der Waals surface area contributed by atoms with Crippen LogP contribution in [-0.2, 0) is 28.6 Å². The number of allylic oxidation sites excluding steroid dienone is 2. The molecule has 0 bridgehead atoms. The minimum Gasteiger partial charge on any atom is -0.460 e. The van der Waals surface area contributed by atoms with Gasteiger partial charge in [-0.3, -0.25) is 14.4 Å². The van der Waals surface area contributed by atoms with Crippen LogP contribution in [0.25, 0.3) is 0 Å². The molecule has 2 rings (SSSR count). The standard InChI is InChI=1S/C38H68N2O6/c1-8-9-10-11-12-13-14-15-16-17-18-19-20-23-27-36(2,3)35(43)40-30-24-21-22-25-31(30)45-32(41)26-28-39-34(42)33-37(4,5)29-44-38(6,7)46-33/h15-16,30-31,33H,8-14,17-29H2,1-7H3,(H,39,42)(H,40,43)/b16-15-. The lowest BCUT2D eigenvalue weighted by molar-refractivity contribution is -0.304. The number of ether oxygens (including phenoxy) is 3. The Bertz CT molecular complexity index is 943. The van der Waals surface area contributed by atoms with Gasteiger partial charge in [0.1, 0.15) is 12.2 Å². The molecule has 2 N–H and O–H groups in total. The van der Waals surface area contributed by atoms with Crippen molar-refractivity contribution in [3.05, 3.63) is 12.2 Å². The molecule has 46 heavy (non-hydrogen) atoms. The van der Waals surface area contributed by atoms with Gasteiger partial charge in [-0.1, -0.05) is 105 Å². The number of nitrogens with one attached hydrogen (secondary N) is 2. The van der Waals surface area contributed by atoms with Crippen molar-refractivity contribution in [1.29, 1.82) is 0 Å². The molecule has 3 unspecified atom stereocenters. The largest absolute Gasteiger partial charge is 0.460 e. The van der Waals surface area contributed by atoms with Gasteiger partial charge in [0.05, 0.1) is 19.1 Å². The van der Waals surface area contributed by atoms with Crippen LogP contribution in [0.3, 0.4) is 0 Å². The van der Waals surface area contributed by atoms with Crippen molar-refractivity contribution < 1.29 is 28.6 Å². The summed E-state index contributed by atoms with van der Waals surface area (Å²) in [5.74, 6) is -1.42. The Morgan fingerprint density at radius 1 is 0.870 bits per heavy atom. The number of hydrogen-bond acceptors (Lipinski definition) is 6. The molecule has 0 aromatic rings. The van der Waals surface area contributed by atoms with Crippen molar-refractivity contribution in [3.63, 3.8) is 0 Å². The van der Waals surface area contributed by atoms with Gasteiger partial charge in [-0.25, -0.2) is 0 Å². The molecule has 3 atom stereocenters. The zero-order valence-electron chi connectivity index (χ0n) is 30.5. The summed E-state index contributed by atoms with van der Waals surface area (Å²) in [5, 5.41) is 6.06. The number of esters is 1. The first-order chi connectivity index (χ1) is 21.8. The van der Waals surface area contributed by atoms with Crippen LogP contribution in [0.1, 0.15) is 164 Å². The second kappa shape index (κ2) is 20.4. The lowest BCUT2D eigenvalue weighted by Gasteiger charge is -2.44. The molecule has 0 aromatic heterocycles. The van der Waals surface area contributed by atoms with Crippen LogP contribution in [0.2, 0.25) is 0 Å². The van der Waals surface area contributed by atoms with Gasteiger partial charge >= 0.3 is 5.97 Å². The Balaban J connectivity index is 1.65. The number of unbranched alkanes of at least 4 members (excludes halogenated alkanes) is 10. The third kappa shape index (κ3) is 15.3. The average molecular weight is 649 g/mol. The van der Waals surface area contributed by atoms with E-state index in [2.05, 4.69) is 29.7 Å². The molecule has 1 heterocycles. The van der Waals surface area contributed by atoms with Crippen LogP contribution in [-0.4, -0.2) is 55.0 Å². The molecule has 0 aromatic carbocycles. The highest BCUT2D eigenvalue weighted by molar-refractivity contribution is 5.83. The normalized spacial score (nSPS) is 22.8. The Hall–Kier alpha value is -1.93. The molecule has 2 aliphatic rings. The molecular weight excluding hydrogens is 580 g/mol. The molecule has 0 spiro atoms. The first-order valence-electron chi connectivity index (χ1n) is 18.5. The summed E-state index contributed by atoms with van der Waals surface area (Å²) < 4.78 is 17.4. The molecular formula is C38H68N2O6. The van der Waals surface area contributed by atoms with E-state index in [4.69, 9.17) is 14.2 Å². The summed E-state index contributed by atoms with van der Waals surface area (Å²) >= 11 is 0. The summed E-state index contributed by atoms with van der Waals surface area (Å²) in [4.78, 5) is 38.9. The second-order valence-electron chi connectivity index (χ2n) is 15.5. The van der Waals surface area contributed by atoms with Crippen molar-refractivity contribution >= 4 is 17.8 Å². The Labute approximate surface area is 280 Å². The summed E-state index contributed by atoms with van der Waals surface area (Å²) in [7, 11) is 0. The quantitative estimate of drug-likeness (QED) is 0.0737. The molecule has 8 heteroatoms. The topological polar surface area (TPSA) is 103 Å². The first kappa shape index (κ1) is 40.2. The first-order valence-corrected chi connectivity index (χ1v) is 18.5. The van der Waals surface area contributed by atoms with Gasteiger partial charge in [0, 0.05) is 17.4 Å². The molecule has 1 aliphatic carbocycles. The van der Waals surface area contributed by atoms with Gasteiger partial charge in [-0.2, -0.15) is 0 Å². The Morgan fingerprint density at radius 3 is 2.15 bits per heavy atom. The molecule has 0 radical (unpaired) electrons. The molecule has 1 saturated heterocycles. The van der Waals surface area contributed by atoms with Crippen LogP contribution in [0.4, 0.5) is 0 Å². The van der Waals surface area contributed by atoms with E-state index in [0.717, 1.165) is 51.4 Å². The van der Waals surface area contributed by atoms with Gasteiger partial charge in [0.15, 0.2) is 5.79 Å². The minimum atomic E-state index is -0.838. The van der Waals surface area contributed by atoms with Gasteiger partial charge < -0.3 is 24.8 Å². The highest BCUT2D eigenvalue weighted by atomic mass is 16.7. The fourth-order valence-electron chi connectivity index (χ4n) is 6.27. The van der Waals surface area contributed by atoms with E-state index in [-0.39, 0.29) is 42.9 Å². The Kier molecular flexibility index (Phi) is 17.9. The molecule has 2 fully saturated rings. The number of carbonyl (C=O) groups excluding carboxylic acids is 3. The van der Waals surface area contributed by atoms with E-state index in [0.29, 0.717) is 6.61 Å². The smallest absolute Gasteiger partial charge is 0.307 e. The van der Waals surface area contributed by atoms with E-state index in [1.807, 2.05) is 27.7 Å². The van der Waals surface area contributed by atoms with E-state index in [1.165, 1.54) is 57.8 Å². The number of amides is 2. The minimum absolute atomic E-state index is 0.0346. The fraction of sp³-hybridized carbons (Fsp3) is 0.868. The average Bonchev–Trinajstić information content (AvgIpc) is 2.99. The summed E-state index contributed by atoms with van der Waals surface area (Å²) in [6.07, 6.45) is 23.1. The molecule has 2 amide bonds. The maximum absolute atomic E-state index is 13.3. The third-order valence-electron chi connectivity index (χ3n) is 9.50. The van der Waals surface area contributed by atoms with Crippen LogP contribution < -0.4 is 10.6 Å². The zero-order valence-corrected chi connectivity index (χ0v) is 30.5. The Morgan fingerprint density at radius 2 is 1.48 bits per heavy atom. The van der Waals surface area contributed by atoms with Gasteiger partial charge in [-0.15, -0.1) is 0 Å². The molecule has 1 saturated carbocycles. The molecule has 8 nitrogen and oxygen atoms in total. The van der Waals surface area contributed by atoms with E-state index < -0.39 is 22.7 Å². The SMILES string of the molecule is CCCCCCCC/C=C\CCCCCCC(C)(C)C(=O)NC1CCCCC1OC(=O)CCNC(=O)C1OC(C)(C)OCC1(C)C. The van der Waals surface area contributed by atoms with Crippen molar-refractivity contribution in [1.82, 2.24) is 10.6 Å². The highest BCUT2D eigenvalue weighted by Crippen LogP contribution is 2.35. The van der Waals surface area contributed by atoms with Crippen LogP contribution in [0.15, 0.2) is 12.2 Å². The van der Waals surface area contributed by atoms with Crippen LogP contribution >= 0.6 is 0 Å². The number of rotatable bonds is 21. The highest BCUT2D eigenvalue weighted by Gasteiger charge is 2.45. The molecule has 1 aliphatic heterocycles. The van der Waals surface area contributed by atoms with E-state index in [1.54, 1.807) is 13.8 Å². The third-order valence-corrected chi connectivity index (χ3v) is 9.50. The lowest BCUT2D eigenvalue weighted by atomic mass is 9.84. The van der Waals surface area contributed by atoms with Crippen molar-refractivity contribution in [2.45, 2.75) is 188 Å². The predicted molar refractivity (Wildman–Crippen MR) is 185 cm³/mol. The predicted octanol–water partition coefficient (Wildman–Crippen LogP) is 8.31. The van der Waals surface area contributed by atoms with E-state index in [9.17, 15) is 14.4 Å². The van der Waals surface area contributed by atoms with Gasteiger partial charge in [0.25, 0.3) is 0 Å². The van der Waals surface area contributed by atoms with E-state index >= 15 is 0 Å². The van der Waals surface area contributed by atoms with Crippen molar-refractivity contribution in [2.75, 3.05) is 13.2 Å². The number of hydrogen-bond donors (Lipinski definition) is 2. The summed E-state index contributed by atoms with van der Waals surface area (Å²) in [6.45, 7) is 14.3. The molecule has 266 valence electrons. The monoisotopic (exact) mass is 649 g/mol. The lowest BCUT2D eigenvalue weighted by Crippen LogP contribution is -2.56. The zero-order chi connectivity index (χ0) is 34.1.